The Balaban J connectivity index is 2.05. The van der Waals surface area contributed by atoms with Gasteiger partial charge in [0.15, 0.2) is 6.10 Å². The predicted octanol–water partition coefficient (Wildman–Crippen LogP) is 1.55. The molecule has 0 radical (unpaired) electrons. The van der Waals surface area contributed by atoms with Crippen LogP contribution in [0.15, 0.2) is 30.6 Å². The highest BCUT2D eigenvalue weighted by Gasteiger charge is 2.22. The fourth-order valence-electron chi connectivity index (χ4n) is 2.01. The molecule has 0 saturated carbocycles. The molecule has 1 heterocycles. The van der Waals surface area contributed by atoms with Gasteiger partial charge in [-0.15, -0.1) is 0 Å². The molecule has 0 aliphatic carbocycles. The summed E-state index contributed by atoms with van der Waals surface area (Å²) in [5.41, 5.74) is 1.55. The fourth-order valence-corrected chi connectivity index (χ4v) is 2.01. The number of benzene rings is 1. The Morgan fingerprint density at radius 2 is 2.00 bits per heavy atom. The lowest BCUT2D eigenvalue weighted by Gasteiger charge is -2.20. The molecule has 7 heteroatoms. The van der Waals surface area contributed by atoms with E-state index < -0.39 is 12.1 Å². The van der Waals surface area contributed by atoms with Crippen molar-refractivity contribution < 1.29 is 14.3 Å². The zero-order chi connectivity index (χ0) is 16.8. The number of hydrogen-bond acceptors (Lipinski definition) is 6. The van der Waals surface area contributed by atoms with Gasteiger partial charge in [-0.05, 0) is 25.1 Å². The number of fused-ring (bicyclic) bond motifs is 1. The Morgan fingerprint density at radius 1 is 1.30 bits per heavy atom. The van der Waals surface area contributed by atoms with Crippen molar-refractivity contribution in [1.82, 2.24) is 14.9 Å². The van der Waals surface area contributed by atoms with Crippen molar-refractivity contribution in [3.8, 4) is 6.07 Å². The second-order valence-corrected chi connectivity index (χ2v) is 4.98. The van der Waals surface area contributed by atoms with E-state index in [0.717, 1.165) is 0 Å². The van der Waals surface area contributed by atoms with Crippen LogP contribution in [0.5, 0.6) is 0 Å². The molecule has 0 aliphatic rings. The highest BCUT2D eigenvalue weighted by molar-refractivity contribution is 5.95. The summed E-state index contributed by atoms with van der Waals surface area (Å²) in [4.78, 5) is 33.8. The maximum Gasteiger partial charge on any atom is 0.338 e. The molecule has 0 saturated heterocycles. The summed E-state index contributed by atoms with van der Waals surface area (Å²) in [5, 5.41) is 8.53. The van der Waals surface area contributed by atoms with Crippen LogP contribution in [-0.2, 0) is 9.53 Å². The highest BCUT2D eigenvalue weighted by Crippen LogP contribution is 2.13. The van der Waals surface area contributed by atoms with Gasteiger partial charge >= 0.3 is 5.97 Å². The van der Waals surface area contributed by atoms with Crippen molar-refractivity contribution in [2.24, 2.45) is 0 Å². The van der Waals surface area contributed by atoms with Gasteiger partial charge in [-0.2, -0.15) is 5.26 Å². The molecular weight excluding hydrogens is 296 g/mol. The van der Waals surface area contributed by atoms with Gasteiger partial charge in [-0.1, -0.05) is 0 Å². The standard InChI is InChI=1S/C16H16N4O3/c1-11(15(21)20(2)9-3-6-17)23-16(22)12-4-5-13-14(10-12)19-8-7-18-13/h4-5,7-8,10-11H,3,9H2,1-2H3/t11-/m1/s1. The summed E-state index contributed by atoms with van der Waals surface area (Å²) in [6, 6.07) is 6.78. The Kier molecular flexibility index (Phi) is 5.20. The van der Waals surface area contributed by atoms with Gasteiger partial charge in [-0.25, -0.2) is 4.79 Å². The van der Waals surface area contributed by atoms with Gasteiger partial charge in [0, 0.05) is 26.0 Å². The number of carbonyl (C=O) groups excluding carboxylic acids is 2. The van der Waals surface area contributed by atoms with Gasteiger partial charge in [0.05, 0.1) is 29.1 Å². The average Bonchev–Trinajstić information content (AvgIpc) is 2.58. The summed E-state index contributed by atoms with van der Waals surface area (Å²) in [6.07, 6.45) is 2.40. The first-order valence-electron chi connectivity index (χ1n) is 7.06. The summed E-state index contributed by atoms with van der Waals surface area (Å²) in [7, 11) is 1.57. The zero-order valence-electron chi connectivity index (χ0n) is 12.9. The Morgan fingerprint density at radius 3 is 2.70 bits per heavy atom. The van der Waals surface area contributed by atoms with Crippen LogP contribution in [0.2, 0.25) is 0 Å². The lowest BCUT2D eigenvalue weighted by molar-refractivity contribution is -0.138. The largest absolute Gasteiger partial charge is 0.449 e. The van der Waals surface area contributed by atoms with Crippen LogP contribution in [0, 0.1) is 11.3 Å². The van der Waals surface area contributed by atoms with Crippen molar-refractivity contribution in [1.29, 1.82) is 5.26 Å². The van der Waals surface area contributed by atoms with Gasteiger partial charge in [-0.3, -0.25) is 14.8 Å². The van der Waals surface area contributed by atoms with Gasteiger partial charge in [0.1, 0.15) is 0 Å². The molecule has 0 N–H and O–H groups in total. The molecule has 0 fully saturated rings. The maximum atomic E-state index is 12.1. The van der Waals surface area contributed by atoms with E-state index in [4.69, 9.17) is 10.00 Å². The van der Waals surface area contributed by atoms with Crippen LogP contribution in [-0.4, -0.2) is 46.4 Å². The SMILES string of the molecule is C[C@@H](OC(=O)c1ccc2nccnc2c1)C(=O)N(C)CCC#N. The van der Waals surface area contributed by atoms with Gasteiger partial charge in [0.25, 0.3) is 5.91 Å². The molecule has 0 bridgehead atoms. The zero-order valence-corrected chi connectivity index (χ0v) is 12.9. The number of rotatable bonds is 5. The average molecular weight is 312 g/mol. The van der Waals surface area contributed by atoms with E-state index in [2.05, 4.69) is 9.97 Å². The van der Waals surface area contributed by atoms with E-state index in [9.17, 15) is 9.59 Å². The third-order valence-electron chi connectivity index (χ3n) is 3.27. The van der Waals surface area contributed by atoms with Crippen molar-refractivity contribution in [3.05, 3.63) is 36.2 Å². The monoisotopic (exact) mass is 312 g/mol. The molecule has 1 aromatic heterocycles. The van der Waals surface area contributed by atoms with E-state index >= 15 is 0 Å². The molecular formula is C16H16N4O3. The number of nitriles is 1. The first kappa shape index (κ1) is 16.4. The number of hydrogen-bond donors (Lipinski definition) is 0. The Labute approximate surface area is 133 Å². The van der Waals surface area contributed by atoms with Gasteiger partial charge < -0.3 is 9.64 Å². The number of amides is 1. The maximum absolute atomic E-state index is 12.1. The quantitative estimate of drug-likeness (QED) is 0.777. The minimum absolute atomic E-state index is 0.228. The van der Waals surface area contributed by atoms with E-state index in [1.165, 1.54) is 18.0 Å². The predicted molar refractivity (Wildman–Crippen MR) is 82.3 cm³/mol. The fraction of sp³-hybridized carbons (Fsp3) is 0.312. The van der Waals surface area contributed by atoms with Crippen LogP contribution in [0.1, 0.15) is 23.7 Å². The topological polar surface area (TPSA) is 96.2 Å². The van der Waals surface area contributed by atoms with Crippen molar-refractivity contribution >= 4 is 22.9 Å². The first-order chi connectivity index (χ1) is 11.0. The second-order valence-electron chi connectivity index (χ2n) is 4.98. The Bertz CT molecular complexity index is 769. The summed E-state index contributed by atoms with van der Waals surface area (Å²) < 4.78 is 5.19. The summed E-state index contributed by atoms with van der Waals surface area (Å²) in [5.74, 6) is -0.957. The molecule has 2 rings (SSSR count). The lowest BCUT2D eigenvalue weighted by Crippen LogP contribution is -2.37. The minimum atomic E-state index is -0.927. The third-order valence-corrected chi connectivity index (χ3v) is 3.27. The van der Waals surface area contributed by atoms with E-state index in [-0.39, 0.29) is 12.3 Å². The van der Waals surface area contributed by atoms with E-state index in [1.807, 2.05) is 6.07 Å². The summed E-state index contributed by atoms with van der Waals surface area (Å²) >= 11 is 0. The minimum Gasteiger partial charge on any atom is -0.449 e. The summed E-state index contributed by atoms with van der Waals surface area (Å²) in [6.45, 7) is 1.80. The molecule has 23 heavy (non-hydrogen) atoms. The Hall–Kier alpha value is -3.01. The second kappa shape index (κ2) is 7.31. The normalized spacial score (nSPS) is 11.5. The number of likely N-dealkylation sites (N-methyl/N-ethyl adjacent to an activating group) is 1. The number of carbonyl (C=O) groups is 2. The number of esters is 1. The van der Waals surface area contributed by atoms with Crippen molar-refractivity contribution in [2.45, 2.75) is 19.4 Å². The molecule has 2 aromatic rings. The molecule has 1 atom stereocenters. The van der Waals surface area contributed by atoms with Crippen LogP contribution in [0.25, 0.3) is 11.0 Å². The molecule has 0 spiro atoms. The van der Waals surface area contributed by atoms with Crippen molar-refractivity contribution in [2.75, 3.05) is 13.6 Å². The van der Waals surface area contributed by atoms with Crippen LogP contribution in [0.3, 0.4) is 0 Å². The number of ether oxygens (including phenoxy) is 1. The van der Waals surface area contributed by atoms with E-state index in [0.29, 0.717) is 23.1 Å². The number of nitrogens with zero attached hydrogens (tertiary/aromatic N) is 4. The van der Waals surface area contributed by atoms with Crippen LogP contribution >= 0.6 is 0 Å². The molecule has 0 unspecified atom stereocenters. The van der Waals surface area contributed by atoms with Gasteiger partial charge in [0.2, 0.25) is 0 Å². The van der Waals surface area contributed by atoms with E-state index in [1.54, 1.807) is 31.4 Å². The van der Waals surface area contributed by atoms with Crippen molar-refractivity contribution in [3.63, 3.8) is 0 Å². The molecule has 118 valence electrons. The highest BCUT2D eigenvalue weighted by atomic mass is 16.5. The number of aromatic nitrogens is 2. The molecule has 1 amide bonds. The first-order valence-corrected chi connectivity index (χ1v) is 7.06. The van der Waals surface area contributed by atoms with Crippen LogP contribution in [0.4, 0.5) is 0 Å². The molecule has 1 aromatic carbocycles. The van der Waals surface area contributed by atoms with Crippen LogP contribution < -0.4 is 0 Å². The smallest absolute Gasteiger partial charge is 0.338 e. The molecule has 0 aliphatic heterocycles. The molecule has 7 nitrogen and oxygen atoms in total. The third kappa shape index (κ3) is 4.01. The lowest BCUT2D eigenvalue weighted by atomic mass is 10.2.